The monoisotopic (exact) mass is 291 g/mol. The number of rotatable bonds is 3. The van der Waals surface area contributed by atoms with Crippen LogP contribution in [0.2, 0.25) is 0 Å². The molecule has 21 heavy (non-hydrogen) atoms. The number of fused-ring (bicyclic) bond motifs is 2. The highest BCUT2D eigenvalue weighted by molar-refractivity contribution is 5.78. The SMILES string of the molecule is CN1C2CCC1(C(O)C(=O)Oc1ccccc1)CC(O)C2. The molecule has 0 amide bonds. The van der Waals surface area contributed by atoms with Crippen molar-refractivity contribution in [1.82, 2.24) is 4.90 Å². The molecule has 114 valence electrons. The van der Waals surface area contributed by atoms with E-state index < -0.39 is 23.7 Å². The number of carbonyl (C=O) groups is 1. The van der Waals surface area contributed by atoms with Gasteiger partial charge in [-0.15, -0.1) is 0 Å². The molecule has 5 nitrogen and oxygen atoms in total. The number of nitrogens with zero attached hydrogens (tertiary/aromatic N) is 1. The van der Waals surface area contributed by atoms with Gasteiger partial charge in [0.15, 0.2) is 6.10 Å². The number of esters is 1. The van der Waals surface area contributed by atoms with Crippen molar-refractivity contribution >= 4 is 5.97 Å². The standard InChI is InChI=1S/C16H21NO4/c1-17-11-7-8-16(17,10-12(18)9-11)14(19)15(20)21-13-5-3-2-4-6-13/h2-6,11-12,14,18-19H,7-10H2,1H3. The number of aliphatic hydroxyl groups excluding tert-OH is 2. The minimum absolute atomic E-state index is 0.230. The van der Waals surface area contributed by atoms with E-state index in [4.69, 9.17) is 4.74 Å². The molecular weight excluding hydrogens is 270 g/mol. The number of hydrogen-bond donors (Lipinski definition) is 2. The number of benzene rings is 1. The topological polar surface area (TPSA) is 70.0 Å². The molecule has 5 heteroatoms. The molecule has 0 spiro atoms. The Morgan fingerprint density at radius 3 is 2.86 bits per heavy atom. The molecule has 1 aromatic rings. The van der Waals surface area contributed by atoms with Crippen LogP contribution in [0.4, 0.5) is 0 Å². The van der Waals surface area contributed by atoms with Crippen molar-refractivity contribution in [2.75, 3.05) is 7.05 Å². The van der Waals surface area contributed by atoms with Gasteiger partial charge in [-0.3, -0.25) is 4.90 Å². The van der Waals surface area contributed by atoms with Crippen molar-refractivity contribution in [2.45, 2.75) is 49.5 Å². The maximum atomic E-state index is 12.3. The van der Waals surface area contributed by atoms with Crippen LogP contribution >= 0.6 is 0 Å². The molecule has 2 aliphatic rings. The molecule has 0 saturated carbocycles. The molecular formula is C16H21NO4. The molecule has 2 aliphatic heterocycles. The predicted octanol–water partition coefficient (Wildman–Crippen LogP) is 0.941. The van der Waals surface area contributed by atoms with Crippen molar-refractivity contribution in [3.63, 3.8) is 0 Å². The maximum Gasteiger partial charge on any atom is 0.342 e. The van der Waals surface area contributed by atoms with Crippen LogP contribution < -0.4 is 4.74 Å². The van der Waals surface area contributed by atoms with Crippen LogP contribution in [0.3, 0.4) is 0 Å². The fourth-order valence-corrected chi connectivity index (χ4v) is 3.80. The Bertz CT molecular complexity index is 520. The quantitative estimate of drug-likeness (QED) is 0.641. The molecule has 3 rings (SSSR count). The molecule has 0 radical (unpaired) electrons. The summed E-state index contributed by atoms with van der Waals surface area (Å²) in [5.74, 6) is -0.227. The third kappa shape index (κ3) is 2.46. The van der Waals surface area contributed by atoms with E-state index >= 15 is 0 Å². The zero-order valence-corrected chi connectivity index (χ0v) is 12.1. The molecule has 4 atom stereocenters. The number of piperidine rings is 1. The number of likely N-dealkylation sites (N-methyl/N-ethyl adjacent to an activating group) is 1. The van der Waals surface area contributed by atoms with Gasteiger partial charge in [-0.1, -0.05) is 18.2 Å². The van der Waals surface area contributed by atoms with E-state index in [0.29, 0.717) is 25.0 Å². The van der Waals surface area contributed by atoms with Crippen molar-refractivity contribution in [3.05, 3.63) is 30.3 Å². The van der Waals surface area contributed by atoms with Crippen molar-refractivity contribution in [3.8, 4) is 5.75 Å². The molecule has 2 N–H and O–H groups in total. The first kappa shape index (κ1) is 14.5. The second-order valence-corrected chi connectivity index (χ2v) is 6.14. The summed E-state index contributed by atoms with van der Waals surface area (Å²) >= 11 is 0. The minimum atomic E-state index is -1.25. The van der Waals surface area contributed by atoms with Crippen LogP contribution in [-0.2, 0) is 4.79 Å². The van der Waals surface area contributed by atoms with Gasteiger partial charge in [0.1, 0.15) is 5.75 Å². The summed E-state index contributed by atoms with van der Waals surface area (Å²) < 4.78 is 5.26. The predicted molar refractivity (Wildman–Crippen MR) is 76.8 cm³/mol. The summed E-state index contributed by atoms with van der Waals surface area (Å²) in [5.41, 5.74) is -0.700. The number of carbonyl (C=O) groups excluding carboxylic acids is 1. The van der Waals surface area contributed by atoms with Crippen molar-refractivity contribution in [2.24, 2.45) is 0 Å². The van der Waals surface area contributed by atoms with Crippen LogP contribution in [0.25, 0.3) is 0 Å². The highest BCUT2D eigenvalue weighted by Crippen LogP contribution is 2.45. The third-order valence-electron chi connectivity index (χ3n) is 4.99. The van der Waals surface area contributed by atoms with Gasteiger partial charge < -0.3 is 14.9 Å². The molecule has 0 aliphatic carbocycles. The first-order valence-electron chi connectivity index (χ1n) is 7.39. The number of para-hydroxylation sites is 1. The fourth-order valence-electron chi connectivity index (χ4n) is 3.80. The van der Waals surface area contributed by atoms with Gasteiger partial charge in [-0.25, -0.2) is 4.79 Å². The largest absolute Gasteiger partial charge is 0.425 e. The summed E-state index contributed by atoms with van der Waals surface area (Å²) in [6.07, 6.45) is 0.999. The molecule has 2 saturated heterocycles. The van der Waals surface area contributed by atoms with E-state index in [2.05, 4.69) is 4.90 Å². The molecule has 2 bridgehead atoms. The van der Waals surface area contributed by atoms with E-state index in [9.17, 15) is 15.0 Å². The van der Waals surface area contributed by atoms with Crippen LogP contribution in [-0.4, -0.2) is 51.9 Å². The molecule has 1 aromatic carbocycles. The lowest BCUT2D eigenvalue weighted by Crippen LogP contribution is -2.61. The Balaban J connectivity index is 1.77. The van der Waals surface area contributed by atoms with Gasteiger partial charge in [0.05, 0.1) is 11.6 Å². The summed E-state index contributed by atoms with van der Waals surface area (Å²) in [4.78, 5) is 14.3. The lowest BCUT2D eigenvalue weighted by molar-refractivity contribution is -0.156. The highest BCUT2D eigenvalue weighted by Gasteiger charge is 2.56. The van der Waals surface area contributed by atoms with Gasteiger partial charge in [0.25, 0.3) is 0 Å². The number of ether oxygens (including phenoxy) is 1. The lowest BCUT2D eigenvalue weighted by atomic mass is 9.82. The Hall–Kier alpha value is -1.43. The van der Waals surface area contributed by atoms with E-state index in [-0.39, 0.29) is 6.04 Å². The molecule has 2 heterocycles. The van der Waals surface area contributed by atoms with Gasteiger partial charge >= 0.3 is 5.97 Å². The average Bonchev–Trinajstić information content (AvgIpc) is 2.68. The van der Waals surface area contributed by atoms with Gasteiger partial charge in [0, 0.05) is 6.04 Å². The van der Waals surface area contributed by atoms with E-state index in [1.54, 1.807) is 24.3 Å². The molecule has 2 fully saturated rings. The first-order valence-corrected chi connectivity index (χ1v) is 7.39. The van der Waals surface area contributed by atoms with Crippen LogP contribution in [0.1, 0.15) is 25.7 Å². The Kier molecular flexibility index (Phi) is 3.73. The lowest BCUT2D eigenvalue weighted by Gasteiger charge is -2.46. The highest BCUT2D eigenvalue weighted by atomic mass is 16.5. The van der Waals surface area contributed by atoms with Crippen LogP contribution in [0, 0.1) is 0 Å². The van der Waals surface area contributed by atoms with Crippen molar-refractivity contribution < 1.29 is 19.7 Å². The zero-order chi connectivity index (χ0) is 15.0. The minimum Gasteiger partial charge on any atom is -0.425 e. The smallest absolute Gasteiger partial charge is 0.342 e. The summed E-state index contributed by atoms with van der Waals surface area (Å²) in [5, 5.41) is 20.5. The Morgan fingerprint density at radius 1 is 1.43 bits per heavy atom. The van der Waals surface area contributed by atoms with E-state index in [0.717, 1.165) is 6.42 Å². The van der Waals surface area contributed by atoms with E-state index in [1.807, 2.05) is 13.1 Å². The molecule has 0 aromatic heterocycles. The van der Waals surface area contributed by atoms with Gasteiger partial charge in [-0.2, -0.15) is 0 Å². The van der Waals surface area contributed by atoms with Gasteiger partial charge in [0.2, 0.25) is 0 Å². The van der Waals surface area contributed by atoms with Gasteiger partial charge in [-0.05, 0) is 44.9 Å². The molecule has 4 unspecified atom stereocenters. The number of aliphatic hydroxyl groups is 2. The second-order valence-electron chi connectivity index (χ2n) is 6.14. The average molecular weight is 291 g/mol. The van der Waals surface area contributed by atoms with Crippen LogP contribution in [0.15, 0.2) is 30.3 Å². The Labute approximate surface area is 124 Å². The summed E-state index contributed by atoms with van der Waals surface area (Å²) in [6, 6.07) is 8.97. The normalized spacial score (nSPS) is 33.7. The van der Waals surface area contributed by atoms with Crippen molar-refractivity contribution in [1.29, 1.82) is 0 Å². The fraction of sp³-hybridized carbons (Fsp3) is 0.562. The summed E-state index contributed by atoms with van der Waals surface area (Å²) in [6.45, 7) is 0. The zero-order valence-electron chi connectivity index (χ0n) is 12.1. The summed E-state index contributed by atoms with van der Waals surface area (Å²) in [7, 11) is 1.92. The first-order chi connectivity index (χ1) is 10.0. The van der Waals surface area contributed by atoms with Crippen LogP contribution in [0.5, 0.6) is 5.75 Å². The number of hydrogen-bond acceptors (Lipinski definition) is 5. The Morgan fingerprint density at radius 2 is 2.14 bits per heavy atom. The third-order valence-corrected chi connectivity index (χ3v) is 4.99. The maximum absolute atomic E-state index is 12.3. The second kappa shape index (κ2) is 5.40. The van der Waals surface area contributed by atoms with E-state index in [1.165, 1.54) is 0 Å².